The third-order valence-corrected chi connectivity index (χ3v) is 5.00. The zero-order valence-electron chi connectivity index (χ0n) is 11.2. The van der Waals surface area contributed by atoms with Crippen molar-refractivity contribution in [2.45, 2.75) is 25.2 Å². The molecule has 12 heteroatoms. The summed E-state index contributed by atoms with van der Waals surface area (Å²) in [5.74, 6) is 0.255. The topological polar surface area (TPSA) is 133 Å². The summed E-state index contributed by atoms with van der Waals surface area (Å²) in [5, 5.41) is 0. The second-order valence-electron chi connectivity index (χ2n) is 4.73. The number of hydrogen-bond donors (Lipinski definition) is 3. The number of anilines is 1. The van der Waals surface area contributed by atoms with Crippen LogP contribution in [0.1, 0.15) is 19.1 Å². The average molecular weight is 364 g/mol. The predicted molar refractivity (Wildman–Crippen MR) is 83.9 cm³/mol. The summed E-state index contributed by atoms with van der Waals surface area (Å²) in [4.78, 5) is 38.0. The summed E-state index contributed by atoms with van der Waals surface area (Å²) in [6.45, 7) is -3.74. The molecule has 3 rings (SSSR count). The van der Waals surface area contributed by atoms with Crippen LogP contribution in [0.4, 0.5) is 5.82 Å². The highest BCUT2D eigenvalue weighted by atomic mass is 32.5. The molecule has 0 spiro atoms. The van der Waals surface area contributed by atoms with E-state index in [1.54, 1.807) is 0 Å². The second-order valence-corrected chi connectivity index (χ2v) is 8.35. The number of nitrogens with zero attached hydrogens (tertiary/aromatic N) is 3. The van der Waals surface area contributed by atoms with E-state index < -0.39 is 12.9 Å². The smallest absolute Gasteiger partial charge is 0.321 e. The van der Waals surface area contributed by atoms with Gasteiger partial charge >= 0.3 is 11.6 Å². The minimum atomic E-state index is -3.70. The SMILES string of the molecule is Nc1ncnc2c1sc(=O)n2[C@H]1CC[C@@H](COP(O)(O)=S)O1. The number of fused-ring (bicyclic) bond motifs is 1. The van der Waals surface area contributed by atoms with Gasteiger partial charge < -0.3 is 24.8 Å². The van der Waals surface area contributed by atoms with Gasteiger partial charge in [-0.15, -0.1) is 0 Å². The fraction of sp³-hybridized carbons (Fsp3) is 0.500. The normalized spacial score (nSPS) is 22.5. The maximum absolute atomic E-state index is 12.2. The summed E-state index contributed by atoms with van der Waals surface area (Å²) in [7, 11) is 0. The molecular weight excluding hydrogens is 351 g/mol. The van der Waals surface area contributed by atoms with Gasteiger partial charge in [0, 0.05) is 0 Å². The lowest BCUT2D eigenvalue weighted by atomic mass is 10.2. The number of aromatic nitrogens is 3. The second kappa shape index (κ2) is 5.93. The van der Waals surface area contributed by atoms with Crippen LogP contribution in [0.3, 0.4) is 0 Å². The van der Waals surface area contributed by atoms with Crippen molar-refractivity contribution in [3.05, 3.63) is 16.0 Å². The Balaban J connectivity index is 1.82. The summed E-state index contributed by atoms with van der Waals surface area (Å²) >= 11 is 5.35. The van der Waals surface area contributed by atoms with Gasteiger partial charge in [-0.1, -0.05) is 11.3 Å². The van der Waals surface area contributed by atoms with Crippen molar-refractivity contribution >= 4 is 46.0 Å². The first kappa shape index (κ1) is 15.9. The summed E-state index contributed by atoms with van der Waals surface area (Å²) in [5.41, 5.74) is 6.18. The lowest BCUT2D eigenvalue weighted by Gasteiger charge is -2.16. The molecule has 4 N–H and O–H groups in total. The number of nitrogen functional groups attached to an aromatic ring is 1. The molecule has 0 unspecified atom stereocenters. The van der Waals surface area contributed by atoms with E-state index in [2.05, 4.69) is 21.8 Å². The molecule has 0 aromatic carbocycles. The van der Waals surface area contributed by atoms with Crippen LogP contribution in [0.5, 0.6) is 0 Å². The molecule has 1 aliphatic rings. The molecule has 120 valence electrons. The molecule has 22 heavy (non-hydrogen) atoms. The van der Waals surface area contributed by atoms with E-state index in [0.29, 0.717) is 23.2 Å². The number of thiazole rings is 1. The lowest BCUT2D eigenvalue weighted by molar-refractivity contribution is -0.0186. The van der Waals surface area contributed by atoms with Gasteiger partial charge in [-0.3, -0.25) is 9.36 Å². The Kier molecular flexibility index (Phi) is 4.29. The van der Waals surface area contributed by atoms with E-state index in [1.807, 2.05) is 0 Å². The first-order valence-corrected chi connectivity index (χ1v) is 9.76. The third-order valence-electron chi connectivity index (χ3n) is 3.23. The molecule has 1 fully saturated rings. The maximum atomic E-state index is 12.2. The van der Waals surface area contributed by atoms with E-state index >= 15 is 0 Å². The summed E-state index contributed by atoms with van der Waals surface area (Å²) in [6, 6.07) is 0. The highest BCUT2D eigenvalue weighted by Gasteiger charge is 2.31. The molecule has 3 heterocycles. The van der Waals surface area contributed by atoms with Gasteiger partial charge in [-0.2, -0.15) is 0 Å². The molecule has 1 saturated heterocycles. The van der Waals surface area contributed by atoms with Gasteiger partial charge in [-0.05, 0) is 24.6 Å². The first-order valence-electron chi connectivity index (χ1n) is 6.32. The van der Waals surface area contributed by atoms with Crippen molar-refractivity contribution in [3.63, 3.8) is 0 Å². The Morgan fingerprint density at radius 2 is 2.32 bits per heavy atom. The highest BCUT2D eigenvalue weighted by molar-refractivity contribution is 8.06. The fourth-order valence-corrected chi connectivity index (χ4v) is 3.72. The molecule has 0 aliphatic carbocycles. The lowest BCUT2D eigenvalue weighted by Crippen LogP contribution is -2.22. The van der Waals surface area contributed by atoms with Crippen LogP contribution in [0.2, 0.25) is 0 Å². The van der Waals surface area contributed by atoms with Crippen LogP contribution in [0.15, 0.2) is 11.1 Å². The Hall–Kier alpha value is -0.940. The zero-order chi connectivity index (χ0) is 15.9. The fourth-order valence-electron chi connectivity index (χ4n) is 2.30. The average Bonchev–Trinajstić information content (AvgIpc) is 3.00. The van der Waals surface area contributed by atoms with Crippen LogP contribution >= 0.6 is 18.1 Å². The molecule has 9 nitrogen and oxygen atoms in total. The standard InChI is InChI=1S/C10H13N4O5PS2/c11-8-7-9(13-4-12-8)14(10(15)22-7)6-2-1-5(19-6)3-18-20(16,17)21/h4-6H,1-3H2,(H2,11,12,13)(H2,16,17,21)/t5-,6+/m0/s1. The van der Waals surface area contributed by atoms with Gasteiger partial charge in [0.2, 0.25) is 0 Å². The van der Waals surface area contributed by atoms with Crippen LogP contribution in [-0.4, -0.2) is 37.0 Å². The van der Waals surface area contributed by atoms with Gasteiger partial charge in [0.05, 0.1) is 12.7 Å². The monoisotopic (exact) mass is 364 g/mol. The quantitative estimate of drug-likeness (QED) is 0.657. The Morgan fingerprint density at radius 1 is 1.55 bits per heavy atom. The van der Waals surface area contributed by atoms with E-state index in [-0.39, 0.29) is 23.4 Å². The molecule has 0 bridgehead atoms. The van der Waals surface area contributed by atoms with E-state index in [9.17, 15) is 4.79 Å². The van der Waals surface area contributed by atoms with Gasteiger partial charge in [-0.25, -0.2) is 9.97 Å². The third kappa shape index (κ3) is 3.20. The van der Waals surface area contributed by atoms with Gasteiger partial charge in [0.25, 0.3) is 0 Å². The predicted octanol–water partition coefficient (Wildman–Crippen LogP) is 0.338. The number of ether oxygens (including phenoxy) is 1. The maximum Gasteiger partial charge on any atom is 0.321 e. The van der Waals surface area contributed by atoms with Crippen molar-refractivity contribution in [2.75, 3.05) is 12.3 Å². The van der Waals surface area contributed by atoms with Gasteiger partial charge in [0.15, 0.2) is 5.65 Å². The minimum Gasteiger partial charge on any atom is -0.382 e. The van der Waals surface area contributed by atoms with Crippen LogP contribution < -0.4 is 10.6 Å². The Labute approximate surface area is 133 Å². The Morgan fingerprint density at radius 3 is 3.05 bits per heavy atom. The van der Waals surface area contributed by atoms with E-state index in [0.717, 1.165) is 11.3 Å². The van der Waals surface area contributed by atoms with Crippen LogP contribution in [-0.2, 0) is 21.1 Å². The van der Waals surface area contributed by atoms with E-state index in [4.69, 9.17) is 24.8 Å². The highest BCUT2D eigenvalue weighted by Crippen LogP contribution is 2.38. The van der Waals surface area contributed by atoms with Crippen molar-refractivity contribution in [1.82, 2.24) is 14.5 Å². The van der Waals surface area contributed by atoms with Crippen molar-refractivity contribution < 1.29 is 19.0 Å². The Bertz CT molecular complexity index is 802. The van der Waals surface area contributed by atoms with Crippen molar-refractivity contribution in [3.8, 4) is 0 Å². The number of hydrogen-bond acceptors (Lipinski definition) is 8. The zero-order valence-corrected chi connectivity index (χ0v) is 13.7. The van der Waals surface area contributed by atoms with Crippen LogP contribution in [0, 0.1) is 0 Å². The first-order chi connectivity index (χ1) is 10.3. The molecule has 0 saturated carbocycles. The van der Waals surface area contributed by atoms with E-state index in [1.165, 1.54) is 10.9 Å². The molecule has 2 aromatic heterocycles. The molecule has 2 atom stereocenters. The summed E-state index contributed by atoms with van der Waals surface area (Å²) in [6.07, 6.45) is 1.60. The number of rotatable bonds is 4. The molecule has 2 aromatic rings. The molecular formula is C10H13N4O5PS2. The van der Waals surface area contributed by atoms with Crippen molar-refractivity contribution in [2.24, 2.45) is 0 Å². The molecule has 1 aliphatic heterocycles. The van der Waals surface area contributed by atoms with Crippen molar-refractivity contribution in [1.29, 1.82) is 0 Å². The number of nitrogens with two attached hydrogens (primary N) is 1. The molecule has 0 radical (unpaired) electrons. The van der Waals surface area contributed by atoms with Crippen LogP contribution in [0.25, 0.3) is 10.3 Å². The molecule has 0 amide bonds. The largest absolute Gasteiger partial charge is 0.382 e. The minimum absolute atomic E-state index is 0.0330. The summed E-state index contributed by atoms with van der Waals surface area (Å²) < 4.78 is 12.5. The van der Waals surface area contributed by atoms with Gasteiger partial charge in [0.1, 0.15) is 23.1 Å².